The van der Waals surface area contributed by atoms with Gasteiger partial charge in [-0.25, -0.2) is 0 Å². The molecule has 2 rings (SSSR count). The van der Waals surface area contributed by atoms with Crippen LogP contribution in [0, 0.1) is 12.8 Å². The zero-order valence-electron chi connectivity index (χ0n) is 13.1. The first kappa shape index (κ1) is 15.2. The lowest BCUT2D eigenvalue weighted by molar-refractivity contribution is 0.0884. The molecule has 1 saturated carbocycles. The number of carbonyl (C=O) groups is 1. The van der Waals surface area contributed by atoms with E-state index in [0.717, 1.165) is 17.0 Å². The summed E-state index contributed by atoms with van der Waals surface area (Å²) in [5.74, 6) is 1.16. The van der Waals surface area contributed by atoms with E-state index in [1.807, 2.05) is 31.2 Å². The van der Waals surface area contributed by atoms with Gasteiger partial charge in [0, 0.05) is 11.6 Å². The molecular weight excluding hydrogens is 246 g/mol. The van der Waals surface area contributed by atoms with E-state index < -0.39 is 0 Å². The molecule has 0 saturated heterocycles. The van der Waals surface area contributed by atoms with Crippen molar-refractivity contribution in [2.75, 3.05) is 13.6 Å². The third kappa shape index (κ3) is 3.69. The number of benzene rings is 1. The summed E-state index contributed by atoms with van der Waals surface area (Å²) in [4.78, 5) is 14.7. The first-order valence-corrected chi connectivity index (χ1v) is 7.91. The van der Waals surface area contributed by atoms with Gasteiger partial charge in [0.1, 0.15) is 0 Å². The molecule has 20 heavy (non-hydrogen) atoms. The molecule has 0 N–H and O–H groups in total. The van der Waals surface area contributed by atoms with E-state index in [1.165, 1.54) is 32.1 Å². The Labute approximate surface area is 123 Å². The normalized spacial score (nSPS) is 23.0. The van der Waals surface area contributed by atoms with Gasteiger partial charge in [0.15, 0.2) is 5.78 Å². The van der Waals surface area contributed by atoms with Gasteiger partial charge in [-0.2, -0.15) is 0 Å². The summed E-state index contributed by atoms with van der Waals surface area (Å²) in [6, 6.07) is 8.49. The number of Topliss-reactive ketones (excluding diaryl/α,β-unsaturated/α-hetero) is 1. The highest BCUT2D eigenvalue weighted by atomic mass is 16.1. The van der Waals surface area contributed by atoms with Crippen LogP contribution in [0.4, 0.5) is 0 Å². The second-order valence-electron chi connectivity index (χ2n) is 6.24. The Morgan fingerprint density at radius 3 is 2.45 bits per heavy atom. The van der Waals surface area contributed by atoms with E-state index in [1.54, 1.807) is 0 Å². The van der Waals surface area contributed by atoms with Crippen LogP contribution in [0.15, 0.2) is 24.3 Å². The molecule has 0 atom stereocenters. The maximum Gasteiger partial charge on any atom is 0.177 e. The predicted molar refractivity (Wildman–Crippen MR) is 84.2 cm³/mol. The highest BCUT2D eigenvalue weighted by molar-refractivity contribution is 5.98. The highest BCUT2D eigenvalue weighted by Crippen LogP contribution is 2.29. The van der Waals surface area contributed by atoms with Crippen LogP contribution < -0.4 is 0 Å². The molecule has 0 bridgehead atoms. The number of rotatable bonds is 5. The Balaban J connectivity index is 1.90. The van der Waals surface area contributed by atoms with E-state index in [0.29, 0.717) is 12.6 Å². The number of carbonyl (C=O) groups excluding carboxylic acids is 1. The van der Waals surface area contributed by atoms with Gasteiger partial charge in [-0.15, -0.1) is 0 Å². The highest BCUT2D eigenvalue weighted by Gasteiger charge is 2.24. The van der Waals surface area contributed by atoms with E-state index in [2.05, 4.69) is 18.9 Å². The largest absolute Gasteiger partial charge is 0.296 e. The van der Waals surface area contributed by atoms with Crippen LogP contribution in [-0.4, -0.2) is 30.3 Å². The summed E-state index contributed by atoms with van der Waals surface area (Å²) in [6.07, 6.45) is 6.44. The smallest absolute Gasteiger partial charge is 0.177 e. The van der Waals surface area contributed by atoms with E-state index >= 15 is 0 Å². The summed E-state index contributed by atoms with van der Waals surface area (Å²) in [6.45, 7) is 4.85. The second kappa shape index (κ2) is 7.03. The van der Waals surface area contributed by atoms with Crippen molar-refractivity contribution >= 4 is 5.78 Å². The average Bonchev–Trinajstić information content (AvgIpc) is 2.47. The fourth-order valence-electron chi connectivity index (χ4n) is 3.32. The molecule has 2 nitrogen and oxygen atoms in total. The van der Waals surface area contributed by atoms with Gasteiger partial charge in [0.05, 0.1) is 6.54 Å². The molecular formula is C18H27NO. The van der Waals surface area contributed by atoms with Gasteiger partial charge in [-0.1, -0.05) is 37.6 Å². The fraction of sp³-hybridized carbons (Fsp3) is 0.611. The third-order valence-electron chi connectivity index (χ3n) is 4.86. The van der Waals surface area contributed by atoms with Crippen molar-refractivity contribution < 1.29 is 4.79 Å². The van der Waals surface area contributed by atoms with Crippen molar-refractivity contribution in [3.05, 3.63) is 35.4 Å². The Kier molecular flexibility index (Phi) is 5.36. The summed E-state index contributed by atoms with van der Waals surface area (Å²) in [5.41, 5.74) is 1.96. The van der Waals surface area contributed by atoms with Gasteiger partial charge < -0.3 is 0 Å². The molecule has 1 fully saturated rings. The standard InChI is InChI=1S/C18H27NO/c1-4-15-9-11-16(12-10-15)19(3)13-18(20)17-8-6-5-7-14(17)2/h5-8,15-16H,4,9-13H2,1-3H3. The minimum absolute atomic E-state index is 0.253. The van der Waals surface area contributed by atoms with Gasteiger partial charge >= 0.3 is 0 Å². The topological polar surface area (TPSA) is 20.3 Å². The number of likely N-dealkylation sites (N-methyl/N-ethyl adjacent to an activating group) is 1. The molecule has 1 aromatic rings. The van der Waals surface area contributed by atoms with Crippen LogP contribution in [0.5, 0.6) is 0 Å². The van der Waals surface area contributed by atoms with Crippen LogP contribution in [0.3, 0.4) is 0 Å². The van der Waals surface area contributed by atoms with Crippen LogP contribution in [0.2, 0.25) is 0 Å². The minimum atomic E-state index is 0.253. The van der Waals surface area contributed by atoms with Crippen LogP contribution in [0.1, 0.15) is 54.9 Å². The number of nitrogens with zero attached hydrogens (tertiary/aromatic N) is 1. The van der Waals surface area contributed by atoms with E-state index in [-0.39, 0.29) is 5.78 Å². The molecule has 1 aromatic carbocycles. The van der Waals surface area contributed by atoms with Crippen LogP contribution in [0.25, 0.3) is 0 Å². The first-order valence-electron chi connectivity index (χ1n) is 7.91. The number of hydrogen-bond acceptors (Lipinski definition) is 2. The predicted octanol–water partition coefficient (Wildman–Crippen LogP) is 4.08. The minimum Gasteiger partial charge on any atom is -0.296 e. The molecule has 0 spiro atoms. The Hall–Kier alpha value is -1.15. The van der Waals surface area contributed by atoms with Crippen molar-refractivity contribution in [1.29, 1.82) is 0 Å². The Bertz CT molecular complexity index is 446. The lowest BCUT2D eigenvalue weighted by Crippen LogP contribution is -2.38. The first-order chi connectivity index (χ1) is 9.61. The quantitative estimate of drug-likeness (QED) is 0.753. The monoisotopic (exact) mass is 273 g/mol. The number of aryl methyl sites for hydroxylation is 1. The van der Waals surface area contributed by atoms with Gasteiger partial charge in [-0.05, 0) is 51.1 Å². The Morgan fingerprint density at radius 2 is 1.85 bits per heavy atom. The Morgan fingerprint density at radius 1 is 1.20 bits per heavy atom. The van der Waals surface area contributed by atoms with Crippen molar-refractivity contribution in [1.82, 2.24) is 4.90 Å². The van der Waals surface area contributed by atoms with Gasteiger partial charge in [0.2, 0.25) is 0 Å². The molecule has 110 valence electrons. The lowest BCUT2D eigenvalue weighted by atomic mass is 9.84. The van der Waals surface area contributed by atoms with Gasteiger partial charge in [0.25, 0.3) is 0 Å². The molecule has 2 heteroatoms. The van der Waals surface area contributed by atoms with E-state index in [9.17, 15) is 4.79 Å². The molecule has 0 heterocycles. The van der Waals surface area contributed by atoms with Crippen LogP contribution >= 0.6 is 0 Å². The van der Waals surface area contributed by atoms with Crippen molar-refractivity contribution in [3.63, 3.8) is 0 Å². The zero-order valence-corrected chi connectivity index (χ0v) is 13.1. The molecule has 0 amide bonds. The fourth-order valence-corrected chi connectivity index (χ4v) is 3.32. The van der Waals surface area contributed by atoms with Crippen molar-refractivity contribution in [2.45, 2.75) is 52.0 Å². The SMILES string of the molecule is CCC1CCC(N(C)CC(=O)c2ccccc2C)CC1. The van der Waals surface area contributed by atoms with Crippen molar-refractivity contribution in [2.24, 2.45) is 5.92 Å². The van der Waals surface area contributed by atoms with Crippen molar-refractivity contribution in [3.8, 4) is 0 Å². The summed E-state index contributed by atoms with van der Waals surface area (Å²) >= 11 is 0. The summed E-state index contributed by atoms with van der Waals surface area (Å²) < 4.78 is 0. The molecule has 1 aliphatic carbocycles. The number of ketones is 1. The zero-order chi connectivity index (χ0) is 14.5. The van der Waals surface area contributed by atoms with Crippen LogP contribution in [-0.2, 0) is 0 Å². The van der Waals surface area contributed by atoms with E-state index in [4.69, 9.17) is 0 Å². The molecule has 0 aliphatic heterocycles. The maximum atomic E-state index is 12.4. The summed E-state index contributed by atoms with van der Waals surface area (Å²) in [5, 5.41) is 0. The summed E-state index contributed by atoms with van der Waals surface area (Å²) in [7, 11) is 2.10. The van der Waals surface area contributed by atoms with Gasteiger partial charge in [-0.3, -0.25) is 9.69 Å². The lowest BCUT2D eigenvalue weighted by Gasteiger charge is -2.34. The third-order valence-corrected chi connectivity index (χ3v) is 4.86. The second-order valence-corrected chi connectivity index (χ2v) is 6.24. The number of hydrogen-bond donors (Lipinski definition) is 0. The average molecular weight is 273 g/mol. The molecule has 0 aromatic heterocycles. The molecule has 1 aliphatic rings. The maximum absolute atomic E-state index is 12.4. The molecule has 0 unspecified atom stereocenters. The molecule has 0 radical (unpaired) electrons.